The Morgan fingerprint density at radius 1 is 1.07 bits per heavy atom. The van der Waals surface area contributed by atoms with Crippen molar-refractivity contribution in [2.24, 2.45) is 5.92 Å². The van der Waals surface area contributed by atoms with Crippen LogP contribution in [-0.4, -0.2) is 0 Å². The SMILES string of the molecule is C1=CCC=C(CC2CCCCC2)C=C1. The summed E-state index contributed by atoms with van der Waals surface area (Å²) < 4.78 is 0. The summed E-state index contributed by atoms with van der Waals surface area (Å²) in [5, 5.41) is 0. The number of hydrogen-bond donors (Lipinski definition) is 0. The zero-order valence-corrected chi connectivity index (χ0v) is 8.91. The Labute approximate surface area is 87.4 Å². The molecule has 0 spiro atoms. The fourth-order valence-electron chi connectivity index (χ4n) is 2.50. The van der Waals surface area contributed by atoms with Gasteiger partial charge in [-0.3, -0.25) is 0 Å². The smallest absolute Gasteiger partial charge is 0.0160 e. The molecule has 0 amide bonds. The zero-order valence-electron chi connectivity index (χ0n) is 8.91. The second kappa shape index (κ2) is 5.19. The van der Waals surface area contributed by atoms with E-state index in [1.165, 1.54) is 38.5 Å². The molecule has 0 bridgehead atoms. The van der Waals surface area contributed by atoms with Gasteiger partial charge in [0.25, 0.3) is 0 Å². The molecule has 1 fully saturated rings. The molecule has 0 aromatic heterocycles. The highest BCUT2D eigenvalue weighted by atomic mass is 14.2. The number of hydrogen-bond acceptors (Lipinski definition) is 0. The van der Waals surface area contributed by atoms with Crippen LogP contribution in [0.3, 0.4) is 0 Å². The summed E-state index contributed by atoms with van der Waals surface area (Å²) in [5.41, 5.74) is 1.56. The van der Waals surface area contributed by atoms with Crippen molar-refractivity contribution in [3.63, 3.8) is 0 Å². The summed E-state index contributed by atoms with van der Waals surface area (Å²) >= 11 is 0. The van der Waals surface area contributed by atoms with Crippen molar-refractivity contribution >= 4 is 0 Å². The van der Waals surface area contributed by atoms with Crippen LogP contribution in [0, 0.1) is 5.92 Å². The van der Waals surface area contributed by atoms with Crippen molar-refractivity contribution in [1.82, 2.24) is 0 Å². The van der Waals surface area contributed by atoms with Gasteiger partial charge in [-0.2, -0.15) is 0 Å². The molecule has 0 aliphatic heterocycles. The molecule has 1 saturated carbocycles. The minimum Gasteiger partial charge on any atom is -0.0807 e. The van der Waals surface area contributed by atoms with Crippen molar-refractivity contribution in [1.29, 1.82) is 0 Å². The van der Waals surface area contributed by atoms with E-state index < -0.39 is 0 Å². The zero-order chi connectivity index (χ0) is 9.64. The first kappa shape index (κ1) is 9.76. The first-order valence-corrected chi connectivity index (χ1v) is 5.97. The van der Waals surface area contributed by atoms with Crippen LogP contribution in [0.15, 0.2) is 36.0 Å². The molecule has 0 radical (unpaired) electrons. The summed E-state index contributed by atoms with van der Waals surface area (Å²) in [7, 11) is 0. The monoisotopic (exact) mass is 188 g/mol. The average Bonchev–Trinajstić information content (AvgIpc) is 2.48. The predicted molar refractivity (Wildman–Crippen MR) is 62.2 cm³/mol. The predicted octanol–water partition coefficient (Wildman–Crippen LogP) is 4.40. The van der Waals surface area contributed by atoms with Crippen molar-refractivity contribution < 1.29 is 0 Å². The highest BCUT2D eigenvalue weighted by Crippen LogP contribution is 2.29. The molecule has 0 aromatic rings. The molecule has 0 nitrogen and oxygen atoms in total. The van der Waals surface area contributed by atoms with Gasteiger partial charge in [0.1, 0.15) is 0 Å². The van der Waals surface area contributed by atoms with Gasteiger partial charge in [-0.25, -0.2) is 0 Å². The minimum atomic E-state index is 0.970. The summed E-state index contributed by atoms with van der Waals surface area (Å²) in [5.74, 6) is 0.970. The lowest BCUT2D eigenvalue weighted by Crippen LogP contribution is -2.06. The normalized spacial score (nSPS) is 23.3. The number of rotatable bonds is 2. The third-order valence-corrected chi connectivity index (χ3v) is 3.32. The standard InChI is InChI=1S/C14H20/c1-2-5-9-13(8-4-1)12-14-10-6-3-7-11-14/h1-2,4,8-9,14H,3,5-7,10-12H2. The Hall–Kier alpha value is -0.780. The topological polar surface area (TPSA) is 0 Å². The van der Waals surface area contributed by atoms with Crippen LogP contribution < -0.4 is 0 Å². The second-order valence-corrected chi connectivity index (χ2v) is 4.51. The Kier molecular flexibility index (Phi) is 3.62. The molecule has 0 aromatic carbocycles. The van der Waals surface area contributed by atoms with Gasteiger partial charge in [-0.05, 0) is 18.8 Å². The molecule has 2 aliphatic carbocycles. The van der Waals surface area contributed by atoms with E-state index in [0.29, 0.717) is 0 Å². The molecule has 0 unspecified atom stereocenters. The largest absolute Gasteiger partial charge is 0.0807 e. The van der Waals surface area contributed by atoms with Gasteiger partial charge in [0.05, 0.1) is 0 Å². The Morgan fingerprint density at radius 3 is 2.79 bits per heavy atom. The number of allylic oxidation sites excluding steroid dienone is 6. The van der Waals surface area contributed by atoms with Crippen LogP contribution in [0.4, 0.5) is 0 Å². The fraction of sp³-hybridized carbons (Fsp3) is 0.571. The van der Waals surface area contributed by atoms with E-state index in [0.717, 1.165) is 12.3 Å². The summed E-state index contributed by atoms with van der Waals surface area (Å²) in [6.07, 6.45) is 21.0. The van der Waals surface area contributed by atoms with Crippen LogP contribution in [0.25, 0.3) is 0 Å². The van der Waals surface area contributed by atoms with E-state index in [1.807, 2.05) is 0 Å². The minimum absolute atomic E-state index is 0.970. The van der Waals surface area contributed by atoms with Crippen LogP contribution in [-0.2, 0) is 0 Å². The average molecular weight is 188 g/mol. The van der Waals surface area contributed by atoms with Gasteiger partial charge in [0.15, 0.2) is 0 Å². The lowest BCUT2D eigenvalue weighted by atomic mass is 9.84. The Morgan fingerprint density at radius 2 is 1.93 bits per heavy atom. The van der Waals surface area contributed by atoms with Gasteiger partial charge < -0.3 is 0 Å². The van der Waals surface area contributed by atoms with Crippen molar-refractivity contribution in [3.8, 4) is 0 Å². The molecule has 0 heterocycles. The van der Waals surface area contributed by atoms with E-state index in [1.54, 1.807) is 5.57 Å². The molecule has 2 rings (SSSR count). The Bertz CT molecular complexity index is 249. The highest BCUT2D eigenvalue weighted by Gasteiger charge is 2.13. The molecule has 0 atom stereocenters. The van der Waals surface area contributed by atoms with Crippen molar-refractivity contribution in [2.45, 2.75) is 44.9 Å². The van der Waals surface area contributed by atoms with E-state index in [4.69, 9.17) is 0 Å². The third kappa shape index (κ3) is 2.87. The van der Waals surface area contributed by atoms with Gasteiger partial charge in [0, 0.05) is 0 Å². The molecule has 0 heteroatoms. The third-order valence-electron chi connectivity index (χ3n) is 3.32. The van der Waals surface area contributed by atoms with E-state index in [9.17, 15) is 0 Å². The molecule has 76 valence electrons. The maximum absolute atomic E-state index is 2.38. The van der Waals surface area contributed by atoms with Crippen molar-refractivity contribution in [2.75, 3.05) is 0 Å². The van der Waals surface area contributed by atoms with Gasteiger partial charge in [-0.15, -0.1) is 0 Å². The van der Waals surface area contributed by atoms with Gasteiger partial charge in [0.2, 0.25) is 0 Å². The Balaban J connectivity index is 1.86. The van der Waals surface area contributed by atoms with Crippen LogP contribution >= 0.6 is 0 Å². The molecule has 2 aliphatic rings. The molecule has 14 heavy (non-hydrogen) atoms. The lowest BCUT2D eigenvalue weighted by molar-refractivity contribution is 0.357. The van der Waals surface area contributed by atoms with Crippen molar-refractivity contribution in [3.05, 3.63) is 36.0 Å². The van der Waals surface area contributed by atoms with E-state index >= 15 is 0 Å². The maximum Gasteiger partial charge on any atom is -0.0160 e. The molecular weight excluding hydrogens is 168 g/mol. The quantitative estimate of drug-likeness (QED) is 0.602. The van der Waals surface area contributed by atoms with E-state index in [2.05, 4.69) is 30.4 Å². The second-order valence-electron chi connectivity index (χ2n) is 4.51. The highest BCUT2D eigenvalue weighted by molar-refractivity contribution is 5.26. The first-order chi connectivity index (χ1) is 6.95. The van der Waals surface area contributed by atoms with Gasteiger partial charge in [-0.1, -0.05) is 68.1 Å². The van der Waals surface area contributed by atoms with E-state index in [-0.39, 0.29) is 0 Å². The summed E-state index contributed by atoms with van der Waals surface area (Å²) in [6.45, 7) is 0. The van der Waals surface area contributed by atoms with Crippen LogP contribution in [0.5, 0.6) is 0 Å². The summed E-state index contributed by atoms with van der Waals surface area (Å²) in [4.78, 5) is 0. The summed E-state index contributed by atoms with van der Waals surface area (Å²) in [6, 6.07) is 0. The lowest BCUT2D eigenvalue weighted by Gasteiger charge is -2.21. The first-order valence-electron chi connectivity index (χ1n) is 5.97. The van der Waals surface area contributed by atoms with Gasteiger partial charge >= 0.3 is 0 Å². The van der Waals surface area contributed by atoms with Crippen LogP contribution in [0.2, 0.25) is 0 Å². The van der Waals surface area contributed by atoms with Crippen LogP contribution in [0.1, 0.15) is 44.9 Å². The molecular formula is C14H20. The maximum atomic E-state index is 2.38. The molecule has 0 saturated heterocycles. The molecule has 0 N–H and O–H groups in total. The fourth-order valence-corrected chi connectivity index (χ4v) is 2.50.